The van der Waals surface area contributed by atoms with Crippen LogP contribution < -0.4 is 10.1 Å². The largest absolute Gasteiger partial charge is 0.497 e. The molecule has 0 saturated heterocycles. The van der Waals surface area contributed by atoms with Crippen LogP contribution in [0.2, 0.25) is 5.02 Å². The van der Waals surface area contributed by atoms with E-state index in [1.165, 1.54) is 7.11 Å². The number of nitrogens with one attached hydrogen (secondary N) is 1. The number of benzene rings is 1. The van der Waals surface area contributed by atoms with Crippen LogP contribution in [-0.2, 0) is 25.5 Å². The fourth-order valence-corrected chi connectivity index (χ4v) is 3.42. The number of hydrogen-bond acceptors (Lipinski definition) is 5. The second-order valence-electron chi connectivity index (χ2n) is 6.19. The average molecular weight is 370 g/mol. The van der Waals surface area contributed by atoms with Crippen molar-refractivity contribution in [2.75, 3.05) is 21.3 Å². The highest BCUT2D eigenvalue weighted by atomic mass is 35.5. The highest BCUT2D eigenvalue weighted by Gasteiger charge is 2.44. The molecule has 7 heteroatoms. The molecule has 1 N–H and O–H groups in total. The second kappa shape index (κ2) is 8.54. The van der Waals surface area contributed by atoms with Gasteiger partial charge >= 0.3 is 5.97 Å². The van der Waals surface area contributed by atoms with Gasteiger partial charge in [0.15, 0.2) is 0 Å². The molecule has 6 nitrogen and oxygen atoms in total. The van der Waals surface area contributed by atoms with Crippen molar-refractivity contribution in [3.63, 3.8) is 0 Å². The summed E-state index contributed by atoms with van der Waals surface area (Å²) in [6.45, 7) is 0. The highest BCUT2D eigenvalue weighted by Crippen LogP contribution is 2.31. The number of ether oxygens (including phenoxy) is 3. The summed E-state index contributed by atoms with van der Waals surface area (Å²) in [5, 5.41) is 3.32. The van der Waals surface area contributed by atoms with Crippen molar-refractivity contribution in [3.8, 4) is 5.75 Å². The Morgan fingerprint density at radius 3 is 2.44 bits per heavy atom. The molecule has 1 aromatic rings. The molecule has 1 fully saturated rings. The molecule has 0 aliphatic heterocycles. The predicted molar refractivity (Wildman–Crippen MR) is 93.9 cm³/mol. The van der Waals surface area contributed by atoms with Gasteiger partial charge in [0.25, 0.3) is 0 Å². The fourth-order valence-electron chi connectivity index (χ4n) is 3.18. The topological polar surface area (TPSA) is 73.9 Å². The Hall–Kier alpha value is -1.79. The van der Waals surface area contributed by atoms with Crippen LogP contribution in [0, 0.1) is 0 Å². The first kappa shape index (κ1) is 19.5. The Kier molecular flexibility index (Phi) is 6.67. The number of carbonyl (C=O) groups excluding carboxylic acids is 2. The van der Waals surface area contributed by atoms with Gasteiger partial charge in [-0.05, 0) is 43.4 Å². The van der Waals surface area contributed by atoms with Gasteiger partial charge in [0.1, 0.15) is 11.3 Å². The van der Waals surface area contributed by atoms with Crippen molar-refractivity contribution >= 4 is 23.5 Å². The molecule has 0 radical (unpaired) electrons. The molecule has 1 aliphatic carbocycles. The summed E-state index contributed by atoms with van der Waals surface area (Å²) in [5.41, 5.74) is -0.328. The van der Waals surface area contributed by atoms with E-state index in [0.29, 0.717) is 42.0 Å². The lowest BCUT2D eigenvalue weighted by Crippen LogP contribution is -2.57. The lowest BCUT2D eigenvalue weighted by molar-refractivity contribution is -0.153. The van der Waals surface area contributed by atoms with Gasteiger partial charge in [0, 0.05) is 12.1 Å². The molecule has 0 atom stereocenters. The van der Waals surface area contributed by atoms with Crippen LogP contribution in [0.3, 0.4) is 0 Å². The molecule has 2 rings (SSSR count). The van der Waals surface area contributed by atoms with Crippen molar-refractivity contribution in [2.24, 2.45) is 0 Å². The minimum Gasteiger partial charge on any atom is -0.497 e. The van der Waals surface area contributed by atoms with Crippen LogP contribution in [0.4, 0.5) is 0 Å². The van der Waals surface area contributed by atoms with Crippen molar-refractivity contribution in [2.45, 2.75) is 43.7 Å². The molecule has 0 heterocycles. The number of methoxy groups -OCH3 is 3. The van der Waals surface area contributed by atoms with E-state index in [1.807, 2.05) is 0 Å². The first-order valence-corrected chi connectivity index (χ1v) is 8.56. The van der Waals surface area contributed by atoms with Gasteiger partial charge in [-0.2, -0.15) is 0 Å². The molecule has 1 amide bonds. The summed E-state index contributed by atoms with van der Waals surface area (Å²) in [7, 11) is 4.54. The van der Waals surface area contributed by atoms with E-state index in [4.69, 9.17) is 25.8 Å². The number of amides is 1. The Morgan fingerprint density at radius 1 is 1.24 bits per heavy atom. The molecule has 0 bridgehead atoms. The Balaban J connectivity index is 2.08. The van der Waals surface area contributed by atoms with Gasteiger partial charge in [-0.25, -0.2) is 4.79 Å². The third-order valence-electron chi connectivity index (χ3n) is 4.69. The third-order valence-corrected chi connectivity index (χ3v) is 5.04. The van der Waals surface area contributed by atoms with Gasteiger partial charge in [0.05, 0.1) is 26.7 Å². The fraction of sp³-hybridized carbons (Fsp3) is 0.556. The zero-order valence-electron chi connectivity index (χ0n) is 14.8. The molecule has 25 heavy (non-hydrogen) atoms. The second-order valence-corrected chi connectivity index (χ2v) is 6.60. The molecule has 0 aromatic heterocycles. The van der Waals surface area contributed by atoms with Crippen LogP contribution >= 0.6 is 11.6 Å². The van der Waals surface area contributed by atoms with E-state index in [9.17, 15) is 9.59 Å². The first-order chi connectivity index (χ1) is 11.9. The van der Waals surface area contributed by atoms with Gasteiger partial charge in [0.2, 0.25) is 5.91 Å². The van der Waals surface area contributed by atoms with Crippen molar-refractivity contribution in [1.82, 2.24) is 5.32 Å². The third kappa shape index (κ3) is 4.64. The zero-order valence-corrected chi connectivity index (χ0v) is 15.5. The van der Waals surface area contributed by atoms with E-state index >= 15 is 0 Å². The zero-order chi connectivity index (χ0) is 18.4. The van der Waals surface area contributed by atoms with E-state index in [0.717, 1.165) is 0 Å². The summed E-state index contributed by atoms with van der Waals surface area (Å²) in [4.78, 5) is 24.8. The summed E-state index contributed by atoms with van der Waals surface area (Å²) in [6.07, 6.45) is 2.53. The molecule has 1 aliphatic rings. The van der Waals surface area contributed by atoms with Crippen molar-refractivity contribution in [1.29, 1.82) is 0 Å². The molecule has 1 aromatic carbocycles. The summed E-state index contributed by atoms with van der Waals surface area (Å²) in [5.74, 6) is -0.0670. The summed E-state index contributed by atoms with van der Waals surface area (Å²) >= 11 is 6.19. The number of carbonyl (C=O) groups is 2. The van der Waals surface area contributed by atoms with E-state index in [-0.39, 0.29) is 18.4 Å². The lowest BCUT2D eigenvalue weighted by atomic mass is 9.80. The van der Waals surface area contributed by atoms with Crippen LogP contribution in [0.5, 0.6) is 5.75 Å². The molecule has 1 saturated carbocycles. The quantitative estimate of drug-likeness (QED) is 0.780. The van der Waals surface area contributed by atoms with Gasteiger partial charge in [-0.1, -0.05) is 17.7 Å². The van der Waals surface area contributed by atoms with E-state index < -0.39 is 11.5 Å². The molecule has 0 unspecified atom stereocenters. The minimum absolute atomic E-state index is 0.0786. The van der Waals surface area contributed by atoms with Crippen LogP contribution in [0.1, 0.15) is 31.2 Å². The van der Waals surface area contributed by atoms with E-state index in [1.54, 1.807) is 32.4 Å². The molecule has 0 spiro atoms. The SMILES string of the molecule is COC(=O)C1(NC(=O)Cc2ccc(OC)cc2Cl)CCC(OC)CC1. The van der Waals surface area contributed by atoms with Gasteiger partial charge in [-0.15, -0.1) is 0 Å². The molecular weight excluding hydrogens is 346 g/mol. The van der Waals surface area contributed by atoms with Crippen LogP contribution in [0.15, 0.2) is 18.2 Å². The summed E-state index contributed by atoms with van der Waals surface area (Å²) in [6, 6.07) is 5.14. The van der Waals surface area contributed by atoms with Gasteiger partial charge < -0.3 is 19.5 Å². The number of hydrogen-bond donors (Lipinski definition) is 1. The molecule has 138 valence electrons. The van der Waals surface area contributed by atoms with E-state index in [2.05, 4.69) is 5.32 Å². The normalized spacial score (nSPS) is 23.0. The average Bonchev–Trinajstić information content (AvgIpc) is 2.63. The maximum Gasteiger partial charge on any atom is 0.331 e. The van der Waals surface area contributed by atoms with Crippen molar-refractivity contribution < 1.29 is 23.8 Å². The predicted octanol–water partition coefficient (Wildman–Crippen LogP) is 2.51. The summed E-state index contributed by atoms with van der Waals surface area (Å²) < 4.78 is 15.4. The Morgan fingerprint density at radius 2 is 1.92 bits per heavy atom. The number of rotatable bonds is 6. The van der Waals surface area contributed by atoms with Crippen LogP contribution in [0.25, 0.3) is 0 Å². The molecular formula is C18H24ClNO5. The minimum atomic E-state index is -1.00. The number of halogens is 1. The first-order valence-electron chi connectivity index (χ1n) is 8.18. The Labute approximate surface area is 152 Å². The Bertz CT molecular complexity index is 626. The van der Waals surface area contributed by atoms with Gasteiger partial charge in [-0.3, -0.25) is 4.79 Å². The van der Waals surface area contributed by atoms with Crippen molar-refractivity contribution in [3.05, 3.63) is 28.8 Å². The number of esters is 1. The standard InChI is InChI=1S/C18H24ClNO5/c1-23-13-6-8-18(9-7-13,17(22)25-3)20-16(21)10-12-4-5-14(24-2)11-15(12)19/h4-5,11,13H,6-10H2,1-3H3,(H,20,21). The maximum atomic E-state index is 12.5. The maximum absolute atomic E-state index is 12.5. The van der Waals surface area contributed by atoms with Crippen LogP contribution in [-0.4, -0.2) is 44.8 Å². The highest BCUT2D eigenvalue weighted by molar-refractivity contribution is 6.31. The lowest BCUT2D eigenvalue weighted by Gasteiger charge is -2.37. The smallest absolute Gasteiger partial charge is 0.331 e. The monoisotopic (exact) mass is 369 g/mol.